The van der Waals surface area contributed by atoms with Crippen LogP contribution in [-0.4, -0.2) is 22.7 Å². The normalized spacial score (nSPS) is 10.3. The Bertz CT molecular complexity index is 563. The second kappa shape index (κ2) is 4.71. The van der Waals surface area contributed by atoms with Gasteiger partial charge in [0, 0.05) is 23.3 Å². The molecule has 17 heavy (non-hydrogen) atoms. The van der Waals surface area contributed by atoms with Gasteiger partial charge in [0.05, 0.1) is 18.9 Å². The first-order chi connectivity index (χ1) is 8.11. The summed E-state index contributed by atoms with van der Waals surface area (Å²) in [5.41, 5.74) is 1.12. The number of hydrogen-bond donors (Lipinski definition) is 0. The van der Waals surface area contributed by atoms with Crippen molar-refractivity contribution in [3.63, 3.8) is 0 Å². The van der Waals surface area contributed by atoms with E-state index in [9.17, 15) is 4.79 Å². The molecule has 0 aliphatic carbocycles. The number of carbonyl (C=O) groups excluding carboxylic acids is 1. The van der Waals surface area contributed by atoms with E-state index in [1.54, 1.807) is 49.4 Å². The Morgan fingerprint density at radius 2 is 2.24 bits per heavy atom. The molecule has 0 amide bonds. The minimum absolute atomic E-state index is 0.0797. The maximum atomic E-state index is 12.2. The summed E-state index contributed by atoms with van der Waals surface area (Å²) in [5.74, 6) is 0.573. The molecule has 0 N–H and O–H groups in total. The molecule has 0 unspecified atom stereocenters. The molecular formula is C12H11BrN2O2. The van der Waals surface area contributed by atoms with Crippen LogP contribution in [0.25, 0.3) is 0 Å². The zero-order chi connectivity index (χ0) is 12.4. The van der Waals surface area contributed by atoms with Crippen molar-refractivity contribution >= 4 is 21.7 Å². The first-order valence-corrected chi connectivity index (χ1v) is 5.78. The van der Waals surface area contributed by atoms with Crippen molar-refractivity contribution in [1.29, 1.82) is 0 Å². The quantitative estimate of drug-likeness (QED) is 0.817. The van der Waals surface area contributed by atoms with Gasteiger partial charge in [0.2, 0.25) is 0 Å². The van der Waals surface area contributed by atoms with E-state index in [-0.39, 0.29) is 5.78 Å². The standard InChI is InChI=1S/C12H11BrN2O2/c1-15-7-8(6-14-15)12(16)10-5-9(17-2)3-4-11(10)13/h3-7H,1-2H3. The number of rotatable bonds is 3. The number of ether oxygens (including phenoxy) is 1. The molecule has 5 heteroatoms. The van der Waals surface area contributed by atoms with Crippen LogP contribution >= 0.6 is 15.9 Å². The SMILES string of the molecule is COc1ccc(Br)c(C(=O)c2cnn(C)c2)c1. The molecule has 88 valence electrons. The summed E-state index contributed by atoms with van der Waals surface area (Å²) in [4.78, 5) is 12.2. The third-order valence-electron chi connectivity index (χ3n) is 2.39. The highest BCUT2D eigenvalue weighted by Gasteiger charge is 2.15. The van der Waals surface area contributed by atoms with Crippen molar-refractivity contribution < 1.29 is 9.53 Å². The summed E-state index contributed by atoms with van der Waals surface area (Å²) >= 11 is 3.36. The molecule has 0 atom stereocenters. The summed E-state index contributed by atoms with van der Waals surface area (Å²) < 4.78 is 7.45. The van der Waals surface area contributed by atoms with Crippen molar-refractivity contribution in [2.24, 2.45) is 7.05 Å². The van der Waals surface area contributed by atoms with Crippen LogP contribution in [0.2, 0.25) is 0 Å². The van der Waals surface area contributed by atoms with Crippen molar-refractivity contribution in [3.8, 4) is 5.75 Å². The summed E-state index contributed by atoms with van der Waals surface area (Å²) in [5, 5.41) is 3.98. The molecule has 0 aliphatic heterocycles. The van der Waals surface area contributed by atoms with Crippen LogP contribution in [-0.2, 0) is 7.05 Å². The third-order valence-corrected chi connectivity index (χ3v) is 3.08. The summed E-state index contributed by atoms with van der Waals surface area (Å²) in [6.45, 7) is 0. The first-order valence-electron chi connectivity index (χ1n) is 4.98. The monoisotopic (exact) mass is 294 g/mol. The highest BCUT2D eigenvalue weighted by atomic mass is 79.9. The van der Waals surface area contributed by atoms with Crippen molar-refractivity contribution in [3.05, 3.63) is 46.2 Å². The zero-order valence-corrected chi connectivity index (χ0v) is 11.1. The van der Waals surface area contributed by atoms with Crippen LogP contribution in [0.5, 0.6) is 5.75 Å². The molecule has 0 fully saturated rings. The van der Waals surface area contributed by atoms with Crippen molar-refractivity contribution in [2.45, 2.75) is 0 Å². The Kier molecular flexibility index (Phi) is 3.28. The van der Waals surface area contributed by atoms with Crippen LogP contribution in [0.4, 0.5) is 0 Å². The number of hydrogen-bond acceptors (Lipinski definition) is 3. The van der Waals surface area contributed by atoms with E-state index in [1.807, 2.05) is 0 Å². The highest BCUT2D eigenvalue weighted by molar-refractivity contribution is 9.10. The molecule has 1 heterocycles. The maximum Gasteiger partial charge on any atom is 0.197 e. The van der Waals surface area contributed by atoms with E-state index < -0.39 is 0 Å². The second-order valence-electron chi connectivity index (χ2n) is 3.58. The Labute approximate surface area is 107 Å². The van der Waals surface area contributed by atoms with Crippen LogP contribution in [0.15, 0.2) is 35.1 Å². The van der Waals surface area contributed by atoms with Gasteiger partial charge >= 0.3 is 0 Å². The largest absolute Gasteiger partial charge is 0.497 e. The number of benzene rings is 1. The fraction of sp³-hybridized carbons (Fsp3) is 0.167. The van der Waals surface area contributed by atoms with E-state index >= 15 is 0 Å². The Hall–Kier alpha value is -1.62. The molecule has 2 aromatic rings. The van der Waals surface area contributed by atoms with Gasteiger partial charge in [0.25, 0.3) is 0 Å². The number of methoxy groups -OCH3 is 1. The number of halogens is 1. The van der Waals surface area contributed by atoms with Gasteiger partial charge < -0.3 is 4.74 Å². The predicted octanol–water partition coefficient (Wildman–Crippen LogP) is 2.42. The van der Waals surface area contributed by atoms with Crippen LogP contribution in [0.3, 0.4) is 0 Å². The summed E-state index contributed by atoms with van der Waals surface area (Å²) in [6, 6.07) is 5.30. The molecule has 2 rings (SSSR count). The molecule has 0 aliphatic rings. The number of carbonyl (C=O) groups is 1. The number of aryl methyl sites for hydroxylation is 1. The molecule has 0 bridgehead atoms. The van der Waals surface area contributed by atoms with Crippen molar-refractivity contribution in [1.82, 2.24) is 9.78 Å². The van der Waals surface area contributed by atoms with E-state index in [4.69, 9.17) is 4.74 Å². The Balaban J connectivity index is 2.43. The summed E-state index contributed by atoms with van der Waals surface area (Å²) in [7, 11) is 3.35. The van der Waals surface area contributed by atoms with Gasteiger partial charge in [-0.2, -0.15) is 5.10 Å². The summed E-state index contributed by atoms with van der Waals surface area (Å²) in [6.07, 6.45) is 3.24. The fourth-order valence-electron chi connectivity index (χ4n) is 1.50. The number of nitrogens with zero attached hydrogens (tertiary/aromatic N) is 2. The van der Waals surface area contributed by atoms with Gasteiger partial charge in [0.1, 0.15) is 5.75 Å². The zero-order valence-electron chi connectivity index (χ0n) is 9.48. The van der Waals surface area contributed by atoms with Crippen LogP contribution in [0.1, 0.15) is 15.9 Å². The Morgan fingerprint density at radius 3 is 2.82 bits per heavy atom. The van der Waals surface area contributed by atoms with Crippen molar-refractivity contribution in [2.75, 3.05) is 7.11 Å². The van der Waals surface area contributed by atoms with Gasteiger partial charge in [-0.3, -0.25) is 9.48 Å². The molecule has 0 saturated carbocycles. The molecule has 0 saturated heterocycles. The lowest BCUT2D eigenvalue weighted by Gasteiger charge is -2.05. The molecule has 1 aromatic carbocycles. The minimum atomic E-state index is -0.0797. The van der Waals surface area contributed by atoms with E-state index in [2.05, 4.69) is 21.0 Å². The van der Waals surface area contributed by atoms with Gasteiger partial charge in [-0.15, -0.1) is 0 Å². The topological polar surface area (TPSA) is 44.1 Å². The minimum Gasteiger partial charge on any atom is -0.497 e. The number of ketones is 1. The van der Waals surface area contributed by atoms with Gasteiger partial charge in [0.15, 0.2) is 5.78 Å². The predicted molar refractivity (Wildman–Crippen MR) is 67.3 cm³/mol. The van der Waals surface area contributed by atoms with Gasteiger partial charge in [-0.05, 0) is 18.2 Å². The molecule has 0 radical (unpaired) electrons. The fourth-order valence-corrected chi connectivity index (χ4v) is 1.93. The lowest BCUT2D eigenvalue weighted by molar-refractivity contribution is 0.103. The average Bonchev–Trinajstić information content (AvgIpc) is 2.76. The van der Waals surface area contributed by atoms with Crippen LogP contribution < -0.4 is 4.74 Å². The van der Waals surface area contributed by atoms with E-state index in [0.717, 1.165) is 4.47 Å². The molecular weight excluding hydrogens is 284 g/mol. The smallest absolute Gasteiger partial charge is 0.197 e. The van der Waals surface area contributed by atoms with Crippen LogP contribution in [0, 0.1) is 0 Å². The third kappa shape index (κ3) is 2.39. The number of aromatic nitrogens is 2. The maximum absolute atomic E-state index is 12.2. The van der Waals surface area contributed by atoms with Gasteiger partial charge in [-0.1, -0.05) is 15.9 Å². The lowest BCUT2D eigenvalue weighted by Crippen LogP contribution is -2.01. The van der Waals surface area contributed by atoms with Gasteiger partial charge in [-0.25, -0.2) is 0 Å². The molecule has 0 spiro atoms. The van der Waals surface area contributed by atoms with E-state index in [0.29, 0.717) is 16.9 Å². The lowest BCUT2D eigenvalue weighted by atomic mass is 10.1. The first kappa shape index (κ1) is 11.9. The molecule has 4 nitrogen and oxygen atoms in total. The second-order valence-corrected chi connectivity index (χ2v) is 4.43. The van der Waals surface area contributed by atoms with E-state index in [1.165, 1.54) is 0 Å². The average molecular weight is 295 g/mol. The molecule has 1 aromatic heterocycles. The highest BCUT2D eigenvalue weighted by Crippen LogP contribution is 2.24. The Morgan fingerprint density at radius 1 is 1.47 bits per heavy atom.